The Kier molecular flexibility index (Phi) is 3.51. The summed E-state index contributed by atoms with van der Waals surface area (Å²) in [5.74, 6) is 0. The van der Waals surface area contributed by atoms with E-state index in [9.17, 15) is 0 Å². The second-order valence-corrected chi connectivity index (χ2v) is 3.53. The molecule has 0 fully saturated rings. The Morgan fingerprint density at radius 1 is 1.17 bits per heavy atom. The van der Waals surface area contributed by atoms with E-state index in [1.807, 2.05) is 6.92 Å². The lowest BCUT2D eigenvalue weighted by atomic mass is 10.3. The largest absolute Gasteiger partial charge is 0.383 e. The molecule has 0 saturated carbocycles. The average molecular weight is 225 g/mol. The molecule has 0 radical (unpaired) electrons. The van der Waals surface area contributed by atoms with Gasteiger partial charge >= 0.3 is 0 Å². The second-order valence-electron chi connectivity index (χ2n) is 2.27. The predicted molar refractivity (Wildman–Crippen MR) is 55.6 cm³/mol. The van der Waals surface area contributed by atoms with E-state index in [2.05, 4.69) is 5.32 Å². The molecule has 0 aromatic heterocycles. The van der Waals surface area contributed by atoms with E-state index in [0.717, 1.165) is 12.2 Å². The van der Waals surface area contributed by atoms with E-state index in [-0.39, 0.29) is 0 Å². The highest BCUT2D eigenvalue weighted by Crippen LogP contribution is 2.33. The molecule has 0 bridgehead atoms. The highest BCUT2D eigenvalue weighted by atomic mass is 35.5. The standard InChI is InChI=1S/C8H8Cl3N/c1-2-12-8-6(10)3-5(9)4-7(8)11/h3-4,12H,2H2,1H3. The summed E-state index contributed by atoms with van der Waals surface area (Å²) >= 11 is 17.5. The van der Waals surface area contributed by atoms with Crippen LogP contribution in [0.2, 0.25) is 15.1 Å². The van der Waals surface area contributed by atoms with Crippen molar-refractivity contribution in [2.75, 3.05) is 11.9 Å². The van der Waals surface area contributed by atoms with Crippen molar-refractivity contribution >= 4 is 40.5 Å². The van der Waals surface area contributed by atoms with E-state index in [4.69, 9.17) is 34.8 Å². The maximum atomic E-state index is 5.88. The van der Waals surface area contributed by atoms with Gasteiger partial charge in [0.2, 0.25) is 0 Å². The highest BCUT2D eigenvalue weighted by molar-refractivity contribution is 6.41. The van der Waals surface area contributed by atoms with Gasteiger partial charge in [-0.1, -0.05) is 34.8 Å². The van der Waals surface area contributed by atoms with Crippen LogP contribution >= 0.6 is 34.8 Å². The Labute approximate surface area is 86.6 Å². The van der Waals surface area contributed by atoms with Crippen LogP contribution in [0, 0.1) is 0 Å². The number of hydrogen-bond acceptors (Lipinski definition) is 1. The van der Waals surface area contributed by atoms with Gasteiger partial charge in [0.15, 0.2) is 0 Å². The van der Waals surface area contributed by atoms with Crippen LogP contribution in [0.5, 0.6) is 0 Å². The summed E-state index contributed by atoms with van der Waals surface area (Å²) in [4.78, 5) is 0. The second kappa shape index (κ2) is 4.22. The van der Waals surface area contributed by atoms with Crippen molar-refractivity contribution in [3.8, 4) is 0 Å². The Hall–Kier alpha value is -0.110. The zero-order valence-corrected chi connectivity index (χ0v) is 8.76. The first-order chi connectivity index (χ1) is 5.65. The first kappa shape index (κ1) is 9.97. The molecule has 0 aliphatic rings. The molecule has 0 spiro atoms. The Bertz CT molecular complexity index is 263. The van der Waals surface area contributed by atoms with E-state index >= 15 is 0 Å². The topological polar surface area (TPSA) is 12.0 Å². The smallest absolute Gasteiger partial charge is 0.0719 e. The summed E-state index contributed by atoms with van der Waals surface area (Å²) in [6.45, 7) is 2.75. The third-order valence-corrected chi connectivity index (χ3v) is 2.17. The van der Waals surface area contributed by atoms with Crippen molar-refractivity contribution in [1.29, 1.82) is 0 Å². The molecule has 1 aromatic carbocycles. The highest BCUT2D eigenvalue weighted by Gasteiger charge is 2.05. The van der Waals surface area contributed by atoms with Crippen molar-refractivity contribution in [2.45, 2.75) is 6.92 Å². The van der Waals surface area contributed by atoms with Crippen LogP contribution in [0.1, 0.15) is 6.92 Å². The third kappa shape index (κ3) is 2.19. The van der Waals surface area contributed by atoms with Crippen molar-refractivity contribution in [1.82, 2.24) is 0 Å². The number of hydrogen-bond donors (Lipinski definition) is 1. The van der Waals surface area contributed by atoms with Gasteiger partial charge in [0.1, 0.15) is 0 Å². The summed E-state index contributed by atoms with van der Waals surface area (Å²) in [6.07, 6.45) is 0. The predicted octanol–water partition coefficient (Wildman–Crippen LogP) is 4.08. The van der Waals surface area contributed by atoms with Gasteiger partial charge in [-0.3, -0.25) is 0 Å². The van der Waals surface area contributed by atoms with Crippen LogP contribution in [-0.2, 0) is 0 Å². The number of rotatable bonds is 2. The zero-order chi connectivity index (χ0) is 9.14. The minimum Gasteiger partial charge on any atom is -0.383 e. The first-order valence-electron chi connectivity index (χ1n) is 3.53. The van der Waals surface area contributed by atoms with Crippen molar-refractivity contribution in [2.24, 2.45) is 0 Å². The van der Waals surface area contributed by atoms with Crippen LogP contribution in [0.3, 0.4) is 0 Å². The summed E-state index contributed by atoms with van der Waals surface area (Å²) in [7, 11) is 0. The molecule has 1 nitrogen and oxygen atoms in total. The molecule has 4 heteroatoms. The van der Waals surface area contributed by atoms with E-state index in [0.29, 0.717) is 15.1 Å². The van der Waals surface area contributed by atoms with Gasteiger partial charge < -0.3 is 5.32 Å². The lowest BCUT2D eigenvalue weighted by molar-refractivity contribution is 1.21. The summed E-state index contributed by atoms with van der Waals surface area (Å²) in [5.41, 5.74) is 0.741. The van der Waals surface area contributed by atoms with Crippen molar-refractivity contribution in [3.63, 3.8) is 0 Å². The van der Waals surface area contributed by atoms with E-state index in [1.165, 1.54) is 0 Å². The summed E-state index contributed by atoms with van der Waals surface area (Å²) in [6, 6.07) is 3.32. The van der Waals surface area contributed by atoms with E-state index in [1.54, 1.807) is 12.1 Å². The molecule has 0 atom stereocenters. The van der Waals surface area contributed by atoms with Gasteiger partial charge in [0, 0.05) is 11.6 Å². The van der Waals surface area contributed by atoms with Gasteiger partial charge in [-0.2, -0.15) is 0 Å². The minimum atomic E-state index is 0.548. The molecule has 0 heterocycles. The summed E-state index contributed by atoms with van der Waals surface area (Å²) in [5, 5.41) is 4.70. The molecule has 0 saturated heterocycles. The van der Waals surface area contributed by atoms with Crippen LogP contribution in [-0.4, -0.2) is 6.54 Å². The third-order valence-electron chi connectivity index (χ3n) is 1.36. The molecular weight excluding hydrogens is 216 g/mol. The number of halogens is 3. The zero-order valence-electron chi connectivity index (χ0n) is 6.50. The molecule has 1 aromatic rings. The van der Waals surface area contributed by atoms with Gasteiger partial charge in [-0.05, 0) is 19.1 Å². The minimum absolute atomic E-state index is 0.548. The Morgan fingerprint density at radius 3 is 2.08 bits per heavy atom. The van der Waals surface area contributed by atoms with Gasteiger partial charge in [-0.25, -0.2) is 0 Å². The van der Waals surface area contributed by atoms with Gasteiger partial charge in [0.25, 0.3) is 0 Å². The fraction of sp³-hybridized carbons (Fsp3) is 0.250. The molecule has 1 rings (SSSR count). The first-order valence-corrected chi connectivity index (χ1v) is 4.67. The molecule has 12 heavy (non-hydrogen) atoms. The van der Waals surface area contributed by atoms with Crippen LogP contribution in [0.15, 0.2) is 12.1 Å². The Morgan fingerprint density at radius 2 is 1.67 bits per heavy atom. The number of benzene rings is 1. The van der Waals surface area contributed by atoms with E-state index < -0.39 is 0 Å². The average Bonchev–Trinajstić information content (AvgIpc) is 1.96. The molecule has 0 aliphatic heterocycles. The lowest BCUT2D eigenvalue weighted by Crippen LogP contribution is -1.97. The lowest BCUT2D eigenvalue weighted by Gasteiger charge is -2.08. The molecule has 0 amide bonds. The van der Waals surface area contributed by atoms with Crippen LogP contribution in [0.4, 0.5) is 5.69 Å². The molecule has 66 valence electrons. The Balaban J connectivity index is 3.10. The normalized spacial score (nSPS) is 10.0. The molecule has 0 unspecified atom stereocenters. The number of anilines is 1. The molecule has 1 N–H and O–H groups in total. The van der Waals surface area contributed by atoms with Crippen molar-refractivity contribution < 1.29 is 0 Å². The molecule has 0 aliphatic carbocycles. The molecular formula is C8H8Cl3N. The maximum Gasteiger partial charge on any atom is 0.0719 e. The van der Waals surface area contributed by atoms with Crippen molar-refractivity contribution in [3.05, 3.63) is 27.2 Å². The number of nitrogens with one attached hydrogen (secondary N) is 1. The maximum absolute atomic E-state index is 5.88. The van der Waals surface area contributed by atoms with Crippen LogP contribution < -0.4 is 5.32 Å². The fourth-order valence-electron chi connectivity index (χ4n) is 0.888. The SMILES string of the molecule is CCNc1c(Cl)cc(Cl)cc1Cl. The quantitative estimate of drug-likeness (QED) is 0.798. The van der Waals surface area contributed by atoms with Gasteiger partial charge in [0.05, 0.1) is 15.7 Å². The summed E-state index contributed by atoms with van der Waals surface area (Å²) < 4.78 is 0. The van der Waals surface area contributed by atoms with Crippen LogP contribution in [0.25, 0.3) is 0 Å². The monoisotopic (exact) mass is 223 g/mol. The fourth-order valence-corrected chi connectivity index (χ4v) is 1.84. The van der Waals surface area contributed by atoms with Gasteiger partial charge in [-0.15, -0.1) is 0 Å².